The van der Waals surface area contributed by atoms with Crippen molar-refractivity contribution in [2.45, 2.75) is 64.0 Å². The fourth-order valence-electron chi connectivity index (χ4n) is 4.04. The lowest BCUT2D eigenvalue weighted by Gasteiger charge is -2.16. The normalized spacial score (nSPS) is 18.2. The van der Waals surface area contributed by atoms with E-state index in [2.05, 4.69) is 22.0 Å². The van der Waals surface area contributed by atoms with Crippen LogP contribution in [0.25, 0.3) is 0 Å². The van der Waals surface area contributed by atoms with E-state index in [-0.39, 0.29) is 24.0 Å². The zero-order valence-electron chi connectivity index (χ0n) is 18.8. The molecule has 0 aromatic heterocycles. The molecule has 3 N–H and O–H groups in total. The van der Waals surface area contributed by atoms with Crippen LogP contribution in [-0.4, -0.2) is 24.0 Å². The first-order valence-corrected chi connectivity index (χ1v) is 11.9. The maximum atomic E-state index is 12.4. The summed E-state index contributed by atoms with van der Waals surface area (Å²) in [5.41, 5.74) is 2.99. The Kier molecular flexibility index (Phi) is 8.60. The summed E-state index contributed by atoms with van der Waals surface area (Å²) >= 11 is 12.5. The van der Waals surface area contributed by atoms with Gasteiger partial charge in [-0.15, -0.1) is 0 Å². The molecule has 1 saturated heterocycles. The van der Waals surface area contributed by atoms with E-state index in [0.717, 1.165) is 36.8 Å². The van der Waals surface area contributed by atoms with E-state index < -0.39 is 5.92 Å². The highest BCUT2D eigenvalue weighted by Crippen LogP contribution is 2.34. The number of nitriles is 1. The minimum atomic E-state index is -0.527. The number of nitrogens with one attached hydrogen (secondary N) is 3. The van der Waals surface area contributed by atoms with Gasteiger partial charge in [0.25, 0.3) is 0 Å². The van der Waals surface area contributed by atoms with E-state index in [1.807, 2.05) is 32.0 Å². The van der Waals surface area contributed by atoms with E-state index in [4.69, 9.17) is 23.2 Å². The Bertz CT molecular complexity index is 1050. The molecule has 2 aromatic rings. The summed E-state index contributed by atoms with van der Waals surface area (Å²) in [5, 5.41) is 19.5. The quantitative estimate of drug-likeness (QED) is 0.384. The molecule has 3 amide bonds. The number of hydrogen-bond donors (Lipinski definition) is 3. The number of aryl methyl sites for hydroxylation is 1. The lowest BCUT2D eigenvalue weighted by molar-refractivity contribution is -0.116. The summed E-state index contributed by atoms with van der Waals surface area (Å²) in [6, 6.07) is 13.2. The van der Waals surface area contributed by atoms with Gasteiger partial charge in [0.15, 0.2) is 0 Å². The first kappa shape index (κ1) is 24.9. The second-order valence-electron chi connectivity index (χ2n) is 8.46. The van der Waals surface area contributed by atoms with Gasteiger partial charge >= 0.3 is 6.03 Å². The molecule has 33 heavy (non-hydrogen) atoms. The molecule has 0 aliphatic carbocycles. The van der Waals surface area contributed by atoms with Crippen molar-refractivity contribution in [1.82, 2.24) is 10.6 Å². The monoisotopic (exact) mass is 486 g/mol. The van der Waals surface area contributed by atoms with Crippen LogP contribution in [-0.2, 0) is 4.79 Å². The molecule has 1 aliphatic rings. The third-order valence-corrected chi connectivity index (χ3v) is 6.54. The molecule has 1 heterocycles. The van der Waals surface area contributed by atoms with E-state index in [0.29, 0.717) is 27.7 Å². The average Bonchev–Trinajstić information content (AvgIpc) is 3.09. The minimum Gasteiger partial charge on any atom is -0.334 e. The van der Waals surface area contributed by atoms with Gasteiger partial charge in [0.05, 0.1) is 18.0 Å². The van der Waals surface area contributed by atoms with Gasteiger partial charge in [-0.05, 0) is 61.6 Å². The molecule has 1 aliphatic heterocycles. The Morgan fingerprint density at radius 1 is 1.15 bits per heavy atom. The molecular formula is C25H28Cl2N4O2. The predicted octanol–water partition coefficient (Wildman–Crippen LogP) is 5.92. The molecule has 0 saturated carbocycles. The zero-order valence-corrected chi connectivity index (χ0v) is 20.3. The van der Waals surface area contributed by atoms with Crippen molar-refractivity contribution in [1.29, 1.82) is 5.26 Å². The number of amides is 3. The van der Waals surface area contributed by atoms with Crippen LogP contribution in [0.5, 0.6) is 0 Å². The number of anilines is 1. The largest absolute Gasteiger partial charge is 0.334 e. The van der Waals surface area contributed by atoms with Crippen LogP contribution in [0.4, 0.5) is 10.5 Å². The van der Waals surface area contributed by atoms with Crippen molar-refractivity contribution < 1.29 is 9.59 Å². The molecule has 0 bridgehead atoms. The highest BCUT2D eigenvalue weighted by Gasteiger charge is 2.26. The molecular weight excluding hydrogens is 459 g/mol. The molecule has 1 fully saturated rings. The van der Waals surface area contributed by atoms with Gasteiger partial charge in [-0.25, -0.2) is 4.79 Å². The van der Waals surface area contributed by atoms with Gasteiger partial charge in [0, 0.05) is 28.2 Å². The number of carbonyl (C=O) groups excluding carboxylic acids is 2. The van der Waals surface area contributed by atoms with Crippen molar-refractivity contribution in [3.63, 3.8) is 0 Å². The van der Waals surface area contributed by atoms with Crippen molar-refractivity contribution in [3.8, 4) is 6.07 Å². The van der Waals surface area contributed by atoms with E-state index >= 15 is 0 Å². The second-order valence-corrected chi connectivity index (χ2v) is 9.31. The number of halogens is 2. The second kappa shape index (κ2) is 11.4. The molecule has 6 nitrogen and oxygen atoms in total. The van der Waals surface area contributed by atoms with Crippen LogP contribution in [0, 0.1) is 18.3 Å². The summed E-state index contributed by atoms with van der Waals surface area (Å²) in [7, 11) is 0. The van der Waals surface area contributed by atoms with Crippen LogP contribution in [0.3, 0.4) is 0 Å². The number of hydrogen-bond acceptors (Lipinski definition) is 3. The zero-order chi connectivity index (χ0) is 24.0. The van der Waals surface area contributed by atoms with Gasteiger partial charge in [-0.2, -0.15) is 5.26 Å². The molecule has 3 rings (SSSR count). The van der Waals surface area contributed by atoms with Crippen LogP contribution in [0.1, 0.15) is 61.6 Å². The van der Waals surface area contributed by atoms with Crippen LogP contribution < -0.4 is 16.0 Å². The average molecular weight is 487 g/mol. The molecule has 0 unspecified atom stereocenters. The van der Waals surface area contributed by atoms with Crippen molar-refractivity contribution in [3.05, 3.63) is 63.1 Å². The topological polar surface area (TPSA) is 94.0 Å². The van der Waals surface area contributed by atoms with Crippen LogP contribution in [0.2, 0.25) is 10.0 Å². The van der Waals surface area contributed by atoms with Gasteiger partial charge < -0.3 is 16.0 Å². The van der Waals surface area contributed by atoms with Gasteiger partial charge in [0.2, 0.25) is 5.91 Å². The predicted molar refractivity (Wildman–Crippen MR) is 132 cm³/mol. The van der Waals surface area contributed by atoms with E-state index in [1.54, 1.807) is 18.2 Å². The number of nitrogens with zero attached hydrogens (tertiary/aromatic N) is 1. The van der Waals surface area contributed by atoms with Crippen LogP contribution >= 0.6 is 23.2 Å². The number of benzene rings is 2. The number of urea groups is 1. The molecule has 3 atom stereocenters. The fraction of sp³-hybridized carbons (Fsp3) is 0.400. The highest BCUT2D eigenvalue weighted by molar-refractivity contribution is 6.32. The molecule has 8 heteroatoms. The minimum absolute atomic E-state index is 0.0688. The SMILES string of the molecule is Cc1cc([C@@H](C#N)c2ccc(Cl)cc2)c(Cl)cc1NC(=O)CCCCC[C@H]1NC(=O)N[C@H]1C. The van der Waals surface area contributed by atoms with Gasteiger partial charge in [-0.1, -0.05) is 54.2 Å². The lowest BCUT2D eigenvalue weighted by atomic mass is 9.91. The number of unbranched alkanes of at least 4 members (excludes halogenated alkanes) is 2. The summed E-state index contributed by atoms with van der Waals surface area (Å²) < 4.78 is 0. The Morgan fingerprint density at radius 3 is 2.52 bits per heavy atom. The Labute approximate surface area is 204 Å². The fourth-order valence-corrected chi connectivity index (χ4v) is 4.44. The summed E-state index contributed by atoms with van der Waals surface area (Å²) in [6.45, 7) is 3.87. The third kappa shape index (κ3) is 6.63. The third-order valence-electron chi connectivity index (χ3n) is 5.96. The van der Waals surface area contributed by atoms with Crippen molar-refractivity contribution in [2.24, 2.45) is 0 Å². The van der Waals surface area contributed by atoms with Crippen molar-refractivity contribution in [2.75, 3.05) is 5.32 Å². The summed E-state index contributed by atoms with van der Waals surface area (Å²) in [6.07, 6.45) is 3.94. The molecule has 0 radical (unpaired) electrons. The number of carbonyl (C=O) groups is 2. The first-order chi connectivity index (χ1) is 15.8. The van der Waals surface area contributed by atoms with Crippen molar-refractivity contribution >= 4 is 40.8 Å². The Morgan fingerprint density at radius 2 is 1.88 bits per heavy atom. The maximum absolute atomic E-state index is 12.4. The summed E-state index contributed by atoms with van der Waals surface area (Å²) in [4.78, 5) is 23.8. The van der Waals surface area contributed by atoms with Gasteiger partial charge in [0.1, 0.15) is 0 Å². The Balaban J connectivity index is 1.53. The smallest absolute Gasteiger partial charge is 0.315 e. The molecule has 174 valence electrons. The maximum Gasteiger partial charge on any atom is 0.315 e. The Hall–Kier alpha value is -2.75. The number of rotatable bonds is 9. The van der Waals surface area contributed by atoms with E-state index in [9.17, 15) is 14.9 Å². The summed E-state index contributed by atoms with van der Waals surface area (Å²) in [5.74, 6) is -0.596. The lowest BCUT2D eigenvalue weighted by Crippen LogP contribution is -2.30. The van der Waals surface area contributed by atoms with Gasteiger partial charge in [-0.3, -0.25) is 4.79 Å². The van der Waals surface area contributed by atoms with E-state index in [1.165, 1.54) is 0 Å². The highest BCUT2D eigenvalue weighted by atomic mass is 35.5. The van der Waals surface area contributed by atoms with Crippen LogP contribution in [0.15, 0.2) is 36.4 Å². The first-order valence-electron chi connectivity index (χ1n) is 11.1. The molecule has 0 spiro atoms. The standard InChI is InChI=1S/C25H28Cl2N4O2/c1-15-12-19(20(14-28)17-8-10-18(26)11-9-17)21(27)13-23(15)30-24(32)7-5-3-4-6-22-16(2)29-25(33)31-22/h8-13,16,20,22H,3-7H2,1-2H3,(H,30,32)(H2,29,31,33)/t16-,20-,22+/m0/s1. The molecule has 2 aromatic carbocycles.